The maximum absolute atomic E-state index is 13.2. The zero-order valence-corrected chi connectivity index (χ0v) is 18.7. The number of anilines is 1. The van der Waals surface area contributed by atoms with Crippen molar-refractivity contribution in [1.29, 1.82) is 0 Å². The summed E-state index contributed by atoms with van der Waals surface area (Å²) in [6, 6.07) is 21.9. The summed E-state index contributed by atoms with van der Waals surface area (Å²) in [6.07, 6.45) is 2.50. The van der Waals surface area contributed by atoms with Crippen molar-refractivity contribution in [3.8, 4) is 0 Å². The molecule has 6 nitrogen and oxygen atoms in total. The molecule has 1 aromatic heterocycles. The summed E-state index contributed by atoms with van der Waals surface area (Å²) in [6.45, 7) is 0.719. The lowest BCUT2D eigenvalue weighted by Crippen LogP contribution is -2.35. The van der Waals surface area contributed by atoms with Crippen LogP contribution >= 0.6 is 11.6 Å². The maximum atomic E-state index is 13.2. The number of nitrogens with one attached hydrogen (secondary N) is 2. The Morgan fingerprint density at radius 1 is 1.03 bits per heavy atom. The second kappa shape index (κ2) is 9.08. The molecular formula is C26H23ClN4O2. The Labute approximate surface area is 196 Å². The molecule has 0 bridgehead atoms. The number of fused-ring (bicyclic) bond motifs is 1. The molecule has 1 fully saturated rings. The van der Waals surface area contributed by atoms with E-state index in [1.54, 1.807) is 23.1 Å². The monoisotopic (exact) mass is 458 g/mol. The summed E-state index contributed by atoms with van der Waals surface area (Å²) < 4.78 is 0. The van der Waals surface area contributed by atoms with E-state index in [9.17, 15) is 9.59 Å². The van der Waals surface area contributed by atoms with Crippen molar-refractivity contribution in [3.63, 3.8) is 0 Å². The molecule has 0 spiro atoms. The maximum Gasteiger partial charge on any atom is 0.252 e. The number of aromatic amines is 1. The molecule has 3 aromatic carbocycles. The molecule has 2 N–H and O–H groups in total. The van der Waals surface area contributed by atoms with Gasteiger partial charge in [-0.2, -0.15) is 0 Å². The van der Waals surface area contributed by atoms with Crippen molar-refractivity contribution in [2.45, 2.75) is 25.3 Å². The molecule has 0 radical (unpaired) electrons. The number of hydrogen-bond donors (Lipinski definition) is 2. The number of nitrogens with zero attached hydrogens (tertiary/aromatic N) is 2. The van der Waals surface area contributed by atoms with Crippen LogP contribution in [0.4, 0.5) is 5.69 Å². The largest absolute Gasteiger partial charge is 0.340 e. The summed E-state index contributed by atoms with van der Waals surface area (Å²) in [7, 11) is 0. The molecule has 33 heavy (non-hydrogen) atoms. The molecule has 166 valence electrons. The van der Waals surface area contributed by atoms with E-state index in [1.807, 2.05) is 54.6 Å². The van der Waals surface area contributed by atoms with E-state index in [1.165, 1.54) is 0 Å². The fraction of sp³-hybridized carbons (Fsp3) is 0.192. The average molecular weight is 459 g/mol. The quantitative estimate of drug-likeness (QED) is 0.428. The average Bonchev–Trinajstić information content (AvgIpc) is 3.26. The SMILES string of the molecule is O=C(NC(c1ccccc1)c1nc2ccc(Cl)cc2[nH]1)c1ccc(N2CCCCC2=O)cc1. The Bertz CT molecular complexity index is 1300. The molecule has 1 saturated heterocycles. The lowest BCUT2D eigenvalue weighted by Gasteiger charge is -2.26. The molecule has 0 saturated carbocycles. The van der Waals surface area contributed by atoms with Crippen molar-refractivity contribution in [2.75, 3.05) is 11.4 Å². The standard InChI is InChI=1S/C26H23ClN4O2/c27-19-11-14-21-22(16-19)29-25(28-21)24(17-6-2-1-3-7-17)30-26(33)18-9-12-20(13-10-18)31-15-5-4-8-23(31)32/h1-3,6-7,9-14,16,24H,4-5,8,15H2,(H,28,29)(H,30,33). The Balaban J connectivity index is 1.42. The minimum Gasteiger partial charge on any atom is -0.340 e. The predicted molar refractivity (Wildman–Crippen MR) is 130 cm³/mol. The molecule has 5 rings (SSSR count). The van der Waals surface area contributed by atoms with Crippen LogP contribution < -0.4 is 10.2 Å². The number of piperidine rings is 1. The van der Waals surface area contributed by atoms with Crippen molar-refractivity contribution >= 4 is 40.1 Å². The van der Waals surface area contributed by atoms with Gasteiger partial charge in [-0.25, -0.2) is 4.98 Å². The van der Waals surface area contributed by atoms with Gasteiger partial charge in [0.15, 0.2) is 0 Å². The van der Waals surface area contributed by atoms with Crippen LogP contribution in [0.3, 0.4) is 0 Å². The first-order valence-corrected chi connectivity index (χ1v) is 11.4. The van der Waals surface area contributed by atoms with Gasteiger partial charge >= 0.3 is 0 Å². The van der Waals surface area contributed by atoms with Gasteiger partial charge in [0.2, 0.25) is 5.91 Å². The number of hydrogen-bond acceptors (Lipinski definition) is 3. The normalized spacial score (nSPS) is 14.9. The minimum atomic E-state index is -0.465. The predicted octanol–water partition coefficient (Wildman–Crippen LogP) is 5.25. The van der Waals surface area contributed by atoms with Gasteiger partial charge in [-0.05, 0) is 60.9 Å². The molecule has 0 aliphatic carbocycles. The van der Waals surface area contributed by atoms with Gasteiger partial charge in [-0.3, -0.25) is 9.59 Å². The first-order chi connectivity index (χ1) is 16.1. The van der Waals surface area contributed by atoms with Crippen LogP contribution in [0.2, 0.25) is 5.02 Å². The lowest BCUT2D eigenvalue weighted by molar-refractivity contribution is -0.119. The van der Waals surface area contributed by atoms with E-state index in [0.29, 0.717) is 22.8 Å². The van der Waals surface area contributed by atoms with Crippen LogP contribution in [0.1, 0.15) is 47.1 Å². The Morgan fingerprint density at radius 2 is 1.82 bits per heavy atom. The highest BCUT2D eigenvalue weighted by atomic mass is 35.5. The number of halogens is 1. The van der Waals surface area contributed by atoms with Crippen molar-refractivity contribution in [1.82, 2.24) is 15.3 Å². The molecule has 2 amide bonds. The van der Waals surface area contributed by atoms with Crippen LogP contribution in [-0.2, 0) is 4.79 Å². The Hall–Kier alpha value is -3.64. The van der Waals surface area contributed by atoms with Crippen molar-refractivity contribution in [2.24, 2.45) is 0 Å². The molecule has 1 atom stereocenters. The third-order valence-electron chi connectivity index (χ3n) is 5.91. The topological polar surface area (TPSA) is 78.1 Å². The molecular weight excluding hydrogens is 436 g/mol. The Kier molecular flexibility index (Phi) is 5.84. The van der Waals surface area contributed by atoms with Gasteiger partial charge in [0.25, 0.3) is 5.91 Å². The number of carbonyl (C=O) groups is 2. The number of imidazole rings is 1. The minimum absolute atomic E-state index is 0.132. The zero-order valence-electron chi connectivity index (χ0n) is 17.9. The number of rotatable bonds is 5. The van der Waals surface area contributed by atoms with E-state index in [0.717, 1.165) is 41.7 Å². The van der Waals surface area contributed by atoms with Crippen molar-refractivity contribution in [3.05, 3.63) is 94.8 Å². The van der Waals surface area contributed by atoms with Gasteiger partial charge in [0.1, 0.15) is 11.9 Å². The zero-order chi connectivity index (χ0) is 22.8. The number of H-pyrrole nitrogens is 1. The smallest absolute Gasteiger partial charge is 0.252 e. The molecule has 1 aliphatic heterocycles. The fourth-order valence-corrected chi connectivity index (χ4v) is 4.35. The molecule has 1 aliphatic rings. The number of aromatic nitrogens is 2. The van der Waals surface area contributed by atoms with E-state index in [2.05, 4.69) is 15.3 Å². The van der Waals surface area contributed by atoms with Crippen LogP contribution in [0, 0.1) is 0 Å². The van der Waals surface area contributed by atoms with Gasteiger partial charge in [0, 0.05) is 29.2 Å². The third kappa shape index (κ3) is 4.47. The summed E-state index contributed by atoms with van der Waals surface area (Å²) in [5.41, 5.74) is 3.84. The second-order valence-electron chi connectivity index (χ2n) is 8.15. The van der Waals surface area contributed by atoms with Gasteiger partial charge < -0.3 is 15.2 Å². The van der Waals surface area contributed by atoms with E-state index >= 15 is 0 Å². The summed E-state index contributed by atoms with van der Waals surface area (Å²) in [4.78, 5) is 35.1. The molecule has 4 aromatic rings. The van der Waals surface area contributed by atoms with Crippen LogP contribution in [0.25, 0.3) is 11.0 Å². The first-order valence-electron chi connectivity index (χ1n) is 11.0. The fourth-order valence-electron chi connectivity index (χ4n) is 4.18. The molecule has 7 heteroatoms. The van der Waals surface area contributed by atoms with Gasteiger partial charge in [-0.1, -0.05) is 41.9 Å². The van der Waals surface area contributed by atoms with Crippen LogP contribution in [0.5, 0.6) is 0 Å². The van der Waals surface area contributed by atoms with Gasteiger partial charge in [-0.15, -0.1) is 0 Å². The lowest BCUT2D eigenvalue weighted by atomic mass is 10.1. The van der Waals surface area contributed by atoms with Crippen LogP contribution in [0.15, 0.2) is 72.8 Å². The Morgan fingerprint density at radius 3 is 2.58 bits per heavy atom. The summed E-state index contributed by atoms with van der Waals surface area (Å²) in [5, 5.41) is 3.72. The van der Waals surface area contributed by atoms with Gasteiger partial charge in [0.05, 0.1) is 11.0 Å². The van der Waals surface area contributed by atoms with Crippen molar-refractivity contribution < 1.29 is 9.59 Å². The number of carbonyl (C=O) groups excluding carboxylic acids is 2. The highest BCUT2D eigenvalue weighted by Gasteiger charge is 2.23. The van der Waals surface area contributed by atoms with E-state index < -0.39 is 6.04 Å². The highest BCUT2D eigenvalue weighted by molar-refractivity contribution is 6.31. The highest BCUT2D eigenvalue weighted by Crippen LogP contribution is 2.26. The molecule has 1 unspecified atom stereocenters. The van der Waals surface area contributed by atoms with E-state index in [4.69, 9.17) is 11.6 Å². The summed E-state index contributed by atoms with van der Waals surface area (Å²) >= 11 is 6.12. The number of amides is 2. The number of benzene rings is 3. The van der Waals surface area contributed by atoms with E-state index in [-0.39, 0.29) is 11.8 Å². The van der Waals surface area contributed by atoms with Crippen LogP contribution in [-0.4, -0.2) is 28.3 Å². The molecule has 2 heterocycles. The summed E-state index contributed by atoms with van der Waals surface area (Å²) in [5.74, 6) is 0.536. The third-order valence-corrected chi connectivity index (χ3v) is 6.14. The second-order valence-corrected chi connectivity index (χ2v) is 8.59. The first kappa shape index (κ1) is 21.2.